The van der Waals surface area contributed by atoms with Gasteiger partial charge in [-0.2, -0.15) is 13.2 Å². The van der Waals surface area contributed by atoms with Gasteiger partial charge in [0, 0.05) is 67.1 Å². The number of alkyl halides is 3. The highest BCUT2D eigenvalue weighted by Gasteiger charge is 2.33. The van der Waals surface area contributed by atoms with Crippen LogP contribution in [0.5, 0.6) is 0 Å². The first-order valence-electron chi connectivity index (χ1n) is 14.6. The van der Waals surface area contributed by atoms with Crippen molar-refractivity contribution in [1.29, 1.82) is 0 Å². The highest BCUT2D eigenvalue weighted by Crippen LogP contribution is 2.31. The SMILES string of the molecule is CC(c1c[nH]c2ccccc12)C(NC(=O)N1CCN(c2ccc(C(F)(F)F)cc2)CC1)C(=O)Nc1cccc(CN(C)C)c1. The summed E-state index contributed by atoms with van der Waals surface area (Å²) in [4.78, 5) is 36.3. The standard InChI is InChI=1S/C33H37F3N6O2/c1-22(28-20-37-29-10-5-4-9-27(28)29)30(31(43)38-25-8-6-7-23(19-25)21-40(2)3)39-32(44)42-17-15-41(16-18-42)26-13-11-24(12-14-26)33(34,35)36/h4-14,19-20,22,30,37H,15-18,21H2,1-3H3,(H,38,43)(H,39,44). The summed E-state index contributed by atoms with van der Waals surface area (Å²) < 4.78 is 38.9. The van der Waals surface area contributed by atoms with Crippen molar-refractivity contribution in [2.75, 3.05) is 50.5 Å². The van der Waals surface area contributed by atoms with Crippen LogP contribution in [0.25, 0.3) is 10.9 Å². The van der Waals surface area contributed by atoms with Gasteiger partial charge in [-0.1, -0.05) is 37.3 Å². The van der Waals surface area contributed by atoms with E-state index < -0.39 is 17.8 Å². The lowest BCUT2D eigenvalue weighted by Gasteiger charge is -2.37. The van der Waals surface area contributed by atoms with Gasteiger partial charge in [0.05, 0.1) is 5.56 Å². The minimum Gasteiger partial charge on any atom is -0.368 e. The highest BCUT2D eigenvalue weighted by molar-refractivity contribution is 5.98. The number of halogens is 3. The molecular weight excluding hydrogens is 569 g/mol. The van der Waals surface area contributed by atoms with Crippen LogP contribution in [0.3, 0.4) is 0 Å². The van der Waals surface area contributed by atoms with E-state index in [2.05, 4.69) is 15.6 Å². The Bertz CT molecular complexity index is 1590. The summed E-state index contributed by atoms with van der Waals surface area (Å²) in [5.41, 5.74) is 3.51. The monoisotopic (exact) mass is 606 g/mol. The van der Waals surface area contributed by atoms with Gasteiger partial charge in [0.2, 0.25) is 5.91 Å². The zero-order chi connectivity index (χ0) is 31.4. The van der Waals surface area contributed by atoms with Crippen LogP contribution in [0.4, 0.5) is 29.3 Å². The van der Waals surface area contributed by atoms with Crippen molar-refractivity contribution >= 4 is 34.2 Å². The molecule has 1 fully saturated rings. The molecule has 1 aromatic heterocycles. The molecule has 0 saturated carbocycles. The summed E-state index contributed by atoms with van der Waals surface area (Å²) in [5, 5.41) is 6.98. The van der Waals surface area contributed by atoms with Crippen molar-refractivity contribution < 1.29 is 22.8 Å². The zero-order valence-corrected chi connectivity index (χ0v) is 25.0. The summed E-state index contributed by atoms with van der Waals surface area (Å²) in [6, 6.07) is 19.2. The number of hydrogen-bond acceptors (Lipinski definition) is 4. The van der Waals surface area contributed by atoms with Gasteiger partial charge < -0.3 is 30.3 Å². The van der Waals surface area contributed by atoms with E-state index in [0.717, 1.165) is 34.2 Å². The molecule has 0 radical (unpaired) electrons. The number of carbonyl (C=O) groups excluding carboxylic acids is 2. The molecule has 3 amide bonds. The third-order valence-electron chi connectivity index (χ3n) is 7.99. The average molecular weight is 607 g/mol. The van der Waals surface area contributed by atoms with Crippen LogP contribution in [0.2, 0.25) is 0 Å². The van der Waals surface area contributed by atoms with E-state index in [-0.39, 0.29) is 17.9 Å². The smallest absolute Gasteiger partial charge is 0.368 e. The quantitative estimate of drug-likeness (QED) is 0.234. The number of aromatic amines is 1. The normalized spacial score (nSPS) is 15.3. The maximum atomic E-state index is 13.8. The van der Waals surface area contributed by atoms with Crippen molar-refractivity contribution in [1.82, 2.24) is 20.1 Å². The molecule has 44 heavy (non-hydrogen) atoms. The maximum Gasteiger partial charge on any atom is 0.416 e. The Hall–Kier alpha value is -4.51. The Balaban J connectivity index is 1.31. The number of para-hydroxylation sites is 1. The number of carbonyl (C=O) groups is 2. The number of anilines is 2. The van der Waals surface area contributed by atoms with Crippen molar-refractivity contribution in [2.45, 2.75) is 31.6 Å². The molecule has 2 unspecified atom stereocenters. The van der Waals surface area contributed by atoms with Crippen LogP contribution in [0, 0.1) is 0 Å². The Morgan fingerprint density at radius 3 is 2.34 bits per heavy atom. The van der Waals surface area contributed by atoms with E-state index >= 15 is 0 Å². The molecule has 4 aromatic rings. The second-order valence-corrected chi connectivity index (χ2v) is 11.5. The summed E-state index contributed by atoms with van der Waals surface area (Å²) in [7, 11) is 3.95. The number of urea groups is 1. The molecule has 2 atom stereocenters. The maximum absolute atomic E-state index is 13.8. The molecule has 5 rings (SSSR count). The minimum atomic E-state index is -4.39. The second kappa shape index (κ2) is 13.0. The van der Waals surface area contributed by atoms with Gasteiger partial charge in [-0.15, -0.1) is 0 Å². The van der Waals surface area contributed by atoms with Gasteiger partial charge in [0.25, 0.3) is 0 Å². The number of H-pyrrole nitrogens is 1. The fraction of sp³-hybridized carbons (Fsp3) is 0.333. The fourth-order valence-electron chi connectivity index (χ4n) is 5.65. The van der Waals surface area contributed by atoms with Gasteiger partial charge in [-0.05, 0) is 67.7 Å². The number of rotatable bonds is 8. The summed E-state index contributed by atoms with van der Waals surface area (Å²) in [6.45, 7) is 4.25. The van der Waals surface area contributed by atoms with E-state index in [9.17, 15) is 22.8 Å². The van der Waals surface area contributed by atoms with Crippen molar-refractivity contribution in [3.05, 3.63) is 95.7 Å². The van der Waals surface area contributed by atoms with E-state index in [4.69, 9.17) is 0 Å². The first kappa shape index (κ1) is 30.9. The summed E-state index contributed by atoms with van der Waals surface area (Å²) in [6.07, 6.45) is -2.51. The number of piperazine rings is 1. The molecule has 1 aliphatic heterocycles. The first-order chi connectivity index (χ1) is 21.0. The molecule has 3 N–H and O–H groups in total. The van der Waals surface area contributed by atoms with Crippen LogP contribution in [-0.4, -0.2) is 73.0 Å². The van der Waals surface area contributed by atoms with Crippen molar-refractivity contribution in [3.63, 3.8) is 0 Å². The van der Waals surface area contributed by atoms with E-state index in [1.165, 1.54) is 12.1 Å². The Morgan fingerprint density at radius 2 is 1.66 bits per heavy atom. The topological polar surface area (TPSA) is 83.7 Å². The van der Waals surface area contributed by atoms with Gasteiger partial charge in [-0.25, -0.2) is 4.79 Å². The van der Waals surface area contributed by atoms with E-state index in [0.29, 0.717) is 44.1 Å². The third kappa shape index (κ3) is 7.16. The van der Waals surface area contributed by atoms with Gasteiger partial charge in [0.15, 0.2) is 0 Å². The lowest BCUT2D eigenvalue weighted by Crippen LogP contribution is -2.56. The second-order valence-electron chi connectivity index (χ2n) is 11.5. The Labute approximate surface area is 254 Å². The predicted octanol–water partition coefficient (Wildman–Crippen LogP) is 5.89. The highest BCUT2D eigenvalue weighted by atomic mass is 19.4. The summed E-state index contributed by atoms with van der Waals surface area (Å²) >= 11 is 0. The number of nitrogens with zero attached hydrogens (tertiary/aromatic N) is 3. The van der Waals surface area contributed by atoms with E-state index in [1.807, 2.05) is 85.5 Å². The molecule has 0 spiro atoms. The van der Waals surface area contributed by atoms with Crippen LogP contribution >= 0.6 is 0 Å². The molecule has 0 aliphatic carbocycles. The molecule has 1 aliphatic rings. The molecule has 3 aromatic carbocycles. The average Bonchev–Trinajstić information content (AvgIpc) is 3.43. The molecule has 2 heterocycles. The Kier molecular flexibility index (Phi) is 9.14. The molecule has 232 valence electrons. The lowest BCUT2D eigenvalue weighted by molar-refractivity contribution is -0.137. The van der Waals surface area contributed by atoms with Gasteiger partial charge in [0.1, 0.15) is 6.04 Å². The molecule has 1 saturated heterocycles. The summed E-state index contributed by atoms with van der Waals surface area (Å²) in [5.74, 6) is -0.699. The number of nitrogens with one attached hydrogen (secondary N) is 3. The first-order valence-corrected chi connectivity index (χ1v) is 14.6. The molecule has 11 heteroatoms. The van der Waals surface area contributed by atoms with Gasteiger partial charge >= 0.3 is 12.2 Å². The van der Waals surface area contributed by atoms with Crippen LogP contribution in [0.1, 0.15) is 29.5 Å². The van der Waals surface area contributed by atoms with Crippen molar-refractivity contribution in [3.8, 4) is 0 Å². The molecule has 8 nitrogen and oxygen atoms in total. The largest absolute Gasteiger partial charge is 0.416 e. The lowest BCUT2D eigenvalue weighted by atomic mass is 9.92. The number of hydrogen-bond donors (Lipinski definition) is 3. The Morgan fingerprint density at radius 1 is 0.955 bits per heavy atom. The third-order valence-corrected chi connectivity index (χ3v) is 7.99. The van der Waals surface area contributed by atoms with Crippen LogP contribution < -0.4 is 15.5 Å². The van der Waals surface area contributed by atoms with E-state index in [1.54, 1.807) is 4.90 Å². The number of fused-ring (bicyclic) bond motifs is 1. The molecule has 0 bridgehead atoms. The minimum absolute atomic E-state index is 0.332. The van der Waals surface area contributed by atoms with Crippen molar-refractivity contribution in [2.24, 2.45) is 0 Å². The molecular formula is C33H37F3N6O2. The van der Waals surface area contributed by atoms with Gasteiger partial charge in [-0.3, -0.25) is 4.79 Å². The number of benzene rings is 3. The zero-order valence-electron chi connectivity index (χ0n) is 25.0. The number of amides is 3. The predicted molar refractivity (Wildman–Crippen MR) is 167 cm³/mol. The fourth-order valence-corrected chi connectivity index (χ4v) is 5.65. The number of aromatic nitrogens is 1. The van der Waals surface area contributed by atoms with Crippen LogP contribution in [-0.2, 0) is 17.5 Å². The van der Waals surface area contributed by atoms with Crippen LogP contribution in [0.15, 0.2) is 79.0 Å².